The van der Waals surface area contributed by atoms with E-state index in [0.29, 0.717) is 11.3 Å². The van der Waals surface area contributed by atoms with Crippen LogP contribution in [-0.2, 0) is 6.18 Å². The molecule has 1 nitrogen and oxygen atoms in total. The lowest BCUT2D eigenvalue weighted by Crippen LogP contribution is -2.04. The number of rotatable bonds is 3. The van der Waals surface area contributed by atoms with Crippen LogP contribution in [0.4, 0.5) is 13.2 Å². The molecule has 0 aliphatic rings. The summed E-state index contributed by atoms with van der Waals surface area (Å²) in [5, 5.41) is 0. The highest BCUT2D eigenvalue weighted by Gasteiger charge is 2.30. The molecule has 0 atom stereocenters. The number of ether oxygens (including phenoxy) is 1. The summed E-state index contributed by atoms with van der Waals surface area (Å²) in [4.78, 5) is -0.655. The Labute approximate surface area is 123 Å². The zero-order valence-corrected chi connectivity index (χ0v) is 11.5. The molecule has 0 radical (unpaired) electrons. The van der Waals surface area contributed by atoms with E-state index < -0.39 is 16.6 Å². The van der Waals surface area contributed by atoms with Gasteiger partial charge in [-0.05, 0) is 35.9 Å². The van der Waals surface area contributed by atoms with Crippen LogP contribution in [0.2, 0.25) is 0 Å². The van der Waals surface area contributed by atoms with Crippen LogP contribution in [0.3, 0.4) is 0 Å². The molecular weight excluding hydrogens is 312 g/mol. The molecular formula is C14H9Cl2F3O. The summed E-state index contributed by atoms with van der Waals surface area (Å²) in [6, 6.07) is 11.2. The first-order valence-corrected chi connectivity index (χ1v) is 6.47. The van der Waals surface area contributed by atoms with E-state index >= 15 is 0 Å². The fourth-order valence-electron chi connectivity index (χ4n) is 1.55. The number of hydrogen-bond acceptors (Lipinski definition) is 1. The topological polar surface area (TPSA) is 9.23 Å². The van der Waals surface area contributed by atoms with Crippen LogP contribution in [0, 0.1) is 0 Å². The first-order valence-electron chi connectivity index (χ1n) is 5.59. The van der Waals surface area contributed by atoms with E-state index in [1.807, 2.05) is 0 Å². The van der Waals surface area contributed by atoms with Gasteiger partial charge in [0.05, 0.1) is 5.56 Å². The molecule has 2 rings (SSSR count). The highest BCUT2D eigenvalue weighted by atomic mass is 35.5. The van der Waals surface area contributed by atoms with Gasteiger partial charge in [-0.15, -0.1) is 23.2 Å². The van der Waals surface area contributed by atoms with Gasteiger partial charge in [0.2, 0.25) is 0 Å². The van der Waals surface area contributed by atoms with Crippen LogP contribution in [0.15, 0.2) is 48.5 Å². The zero-order valence-electron chi connectivity index (χ0n) is 9.99. The summed E-state index contributed by atoms with van der Waals surface area (Å²) >= 11 is 11.4. The first-order chi connectivity index (χ1) is 9.36. The molecule has 0 saturated carbocycles. The standard InChI is InChI=1S/C14H9Cl2F3O/c15-13(16)9-4-6-11(7-5-9)20-12-3-1-2-10(8-12)14(17,18)19/h1-8,13H. The normalized spacial score (nSPS) is 11.7. The van der Waals surface area contributed by atoms with Gasteiger partial charge in [0, 0.05) is 0 Å². The predicted octanol–water partition coefficient (Wildman–Crippen LogP) is 5.97. The lowest BCUT2D eigenvalue weighted by Gasteiger charge is -2.10. The van der Waals surface area contributed by atoms with Crippen molar-refractivity contribution >= 4 is 23.2 Å². The predicted molar refractivity (Wildman–Crippen MR) is 72.4 cm³/mol. The van der Waals surface area contributed by atoms with E-state index in [2.05, 4.69) is 0 Å². The largest absolute Gasteiger partial charge is 0.457 e. The molecule has 2 aromatic rings. The Morgan fingerprint density at radius 1 is 0.900 bits per heavy atom. The van der Waals surface area contributed by atoms with Crippen molar-refractivity contribution in [1.82, 2.24) is 0 Å². The van der Waals surface area contributed by atoms with Gasteiger partial charge in [-0.3, -0.25) is 0 Å². The van der Waals surface area contributed by atoms with Gasteiger partial charge in [0.15, 0.2) is 0 Å². The van der Waals surface area contributed by atoms with Crippen LogP contribution in [0.1, 0.15) is 16.0 Å². The quantitative estimate of drug-likeness (QED) is 0.632. The average molecular weight is 321 g/mol. The Kier molecular flexibility index (Phi) is 4.45. The van der Waals surface area contributed by atoms with Crippen molar-refractivity contribution in [1.29, 1.82) is 0 Å². The SMILES string of the molecule is FC(F)(F)c1cccc(Oc2ccc(C(Cl)Cl)cc2)c1. The summed E-state index contributed by atoms with van der Waals surface area (Å²) in [5.74, 6) is 0.517. The molecule has 0 aliphatic heterocycles. The monoisotopic (exact) mass is 320 g/mol. The second-order valence-corrected chi connectivity index (χ2v) is 5.09. The molecule has 0 fully saturated rings. The zero-order chi connectivity index (χ0) is 14.8. The summed E-state index contributed by atoms with van der Waals surface area (Å²) in [5.41, 5.74) is -0.0714. The molecule has 0 spiro atoms. The second kappa shape index (κ2) is 5.94. The third kappa shape index (κ3) is 3.81. The van der Waals surface area contributed by atoms with Crippen LogP contribution >= 0.6 is 23.2 Å². The summed E-state index contributed by atoms with van der Waals surface area (Å²) in [7, 11) is 0. The highest BCUT2D eigenvalue weighted by Crippen LogP contribution is 2.33. The van der Waals surface area contributed by atoms with Crippen molar-refractivity contribution < 1.29 is 17.9 Å². The molecule has 0 unspecified atom stereocenters. The molecule has 0 bridgehead atoms. The maximum absolute atomic E-state index is 12.6. The van der Waals surface area contributed by atoms with Crippen LogP contribution < -0.4 is 4.74 Å². The van der Waals surface area contributed by atoms with Gasteiger partial charge < -0.3 is 4.74 Å². The van der Waals surface area contributed by atoms with E-state index in [-0.39, 0.29) is 5.75 Å². The minimum absolute atomic E-state index is 0.112. The van der Waals surface area contributed by atoms with E-state index in [1.54, 1.807) is 24.3 Å². The summed E-state index contributed by atoms with van der Waals surface area (Å²) in [6.07, 6.45) is -4.40. The lowest BCUT2D eigenvalue weighted by molar-refractivity contribution is -0.137. The molecule has 0 saturated heterocycles. The fraction of sp³-hybridized carbons (Fsp3) is 0.143. The van der Waals surface area contributed by atoms with E-state index in [4.69, 9.17) is 27.9 Å². The Bertz CT molecular complexity index is 580. The van der Waals surface area contributed by atoms with Gasteiger partial charge >= 0.3 is 6.18 Å². The van der Waals surface area contributed by atoms with Crippen molar-refractivity contribution in [3.63, 3.8) is 0 Å². The van der Waals surface area contributed by atoms with Crippen molar-refractivity contribution in [2.24, 2.45) is 0 Å². The molecule has 0 N–H and O–H groups in total. The number of alkyl halides is 5. The molecule has 6 heteroatoms. The van der Waals surface area contributed by atoms with Gasteiger partial charge in [-0.25, -0.2) is 0 Å². The maximum Gasteiger partial charge on any atom is 0.416 e. The third-order valence-electron chi connectivity index (χ3n) is 2.53. The average Bonchev–Trinajstić information content (AvgIpc) is 2.38. The smallest absolute Gasteiger partial charge is 0.416 e. The van der Waals surface area contributed by atoms with Gasteiger partial charge in [0.1, 0.15) is 16.3 Å². The fourth-order valence-corrected chi connectivity index (χ4v) is 1.84. The first kappa shape index (κ1) is 15.0. The minimum Gasteiger partial charge on any atom is -0.457 e. The van der Waals surface area contributed by atoms with Gasteiger partial charge in [-0.2, -0.15) is 13.2 Å². The summed E-state index contributed by atoms with van der Waals surface area (Å²) in [6.45, 7) is 0. The Morgan fingerprint density at radius 2 is 1.55 bits per heavy atom. The molecule has 20 heavy (non-hydrogen) atoms. The van der Waals surface area contributed by atoms with Crippen LogP contribution in [0.25, 0.3) is 0 Å². The van der Waals surface area contributed by atoms with Crippen molar-refractivity contribution in [3.8, 4) is 11.5 Å². The highest BCUT2D eigenvalue weighted by molar-refractivity contribution is 6.44. The second-order valence-electron chi connectivity index (χ2n) is 4.00. The van der Waals surface area contributed by atoms with Gasteiger partial charge in [-0.1, -0.05) is 18.2 Å². The van der Waals surface area contributed by atoms with Crippen LogP contribution in [0.5, 0.6) is 11.5 Å². The van der Waals surface area contributed by atoms with Crippen LogP contribution in [-0.4, -0.2) is 0 Å². The Morgan fingerprint density at radius 3 is 2.10 bits per heavy atom. The molecule has 106 valence electrons. The Balaban J connectivity index is 2.18. The molecule has 0 amide bonds. The van der Waals surface area contributed by atoms with E-state index in [1.165, 1.54) is 12.1 Å². The number of hydrogen-bond donors (Lipinski definition) is 0. The molecule has 0 aromatic heterocycles. The minimum atomic E-state index is -4.40. The third-order valence-corrected chi connectivity index (χ3v) is 3.03. The van der Waals surface area contributed by atoms with E-state index in [0.717, 1.165) is 12.1 Å². The summed E-state index contributed by atoms with van der Waals surface area (Å²) < 4.78 is 43.1. The molecule has 0 heterocycles. The Hall–Kier alpha value is -1.39. The van der Waals surface area contributed by atoms with Crippen molar-refractivity contribution in [2.75, 3.05) is 0 Å². The number of benzene rings is 2. The van der Waals surface area contributed by atoms with Crippen molar-refractivity contribution in [3.05, 3.63) is 59.7 Å². The van der Waals surface area contributed by atoms with E-state index in [9.17, 15) is 13.2 Å². The molecule has 0 aliphatic carbocycles. The number of halogens is 5. The molecule has 2 aromatic carbocycles. The lowest BCUT2D eigenvalue weighted by atomic mass is 10.2. The maximum atomic E-state index is 12.6. The van der Waals surface area contributed by atoms with Gasteiger partial charge in [0.25, 0.3) is 0 Å². The van der Waals surface area contributed by atoms with Crippen molar-refractivity contribution in [2.45, 2.75) is 11.0 Å².